The van der Waals surface area contributed by atoms with Gasteiger partial charge in [-0.25, -0.2) is 19.7 Å². The van der Waals surface area contributed by atoms with E-state index in [1.165, 1.54) is 6.20 Å². The topological polar surface area (TPSA) is 206 Å². The minimum atomic E-state index is -1.17. The van der Waals surface area contributed by atoms with Gasteiger partial charge in [0, 0.05) is 24.3 Å². The molecule has 14 nitrogen and oxygen atoms in total. The van der Waals surface area contributed by atoms with Crippen LogP contribution in [0.4, 0.5) is 10.5 Å². The highest BCUT2D eigenvalue weighted by molar-refractivity contribution is 6.09. The summed E-state index contributed by atoms with van der Waals surface area (Å²) in [6.07, 6.45) is 2.94. The highest BCUT2D eigenvalue weighted by atomic mass is 16.7. The number of rotatable bonds is 12. The molecule has 1 fully saturated rings. The first-order valence-corrected chi connectivity index (χ1v) is 13.3. The van der Waals surface area contributed by atoms with Crippen molar-refractivity contribution >= 4 is 47.7 Å². The third kappa shape index (κ3) is 8.49. The van der Waals surface area contributed by atoms with Crippen molar-refractivity contribution in [1.29, 1.82) is 0 Å². The Labute approximate surface area is 242 Å². The average molecular weight is 583 g/mol. The fourth-order valence-corrected chi connectivity index (χ4v) is 3.80. The molecule has 14 heteroatoms. The number of aromatic nitrogens is 1. The number of ether oxygens (including phenoxy) is 2. The fourth-order valence-electron chi connectivity index (χ4n) is 3.80. The van der Waals surface area contributed by atoms with Crippen molar-refractivity contribution in [3.8, 4) is 0 Å². The number of nitrogens with two attached hydrogens (primary N) is 1. The molecule has 42 heavy (non-hydrogen) atoms. The van der Waals surface area contributed by atoms with Crippen LogP contribution in [0.15, 0.2) is 34.4 Å². The number of carbonyl (C=O) groups is 5. The van der Waals surface area contributed by atoms with Crippen molar-refractivity contribution in [3.63, 3.8) is 0 Å². The number of carboxylic acids is 1. The molecular formula is C28H34N6O8. The van der Waals surface area contributed by atoms with E-state index in [0.717, 1.165) is 29.6 Å². The summed E-state index contributed by atoms with van der Waals surface area (Å²) in [4.78, 5) is 73.4. The van der Waals surface area contributed by atoms with Crippen LogP contribution in [0.2, 0.25) is 0 Å². The number of carbonyl (C=O) groups excluding carboxylic acids is 4. The second-order valence-corrected chi connectivity index (χ2v) is 9.56. The third-order valence-corrected chi connectivity index (χ3v) is 6.26. The highest BCUT2D eigenvalue weighted by Gasteiger charge is 2.28. The summed E-state index contributed by atoms with van der Waals surface area (Å²) in [5.74, 6) is -2.75. The quantitative estimate of drug-likeness (QED) is 0.125. The molecule has 0 bridgehead atoms. The van der Waals surface area contributed by atoms with Crippen molar-refractivity contribution in [2.24, 2.45) is 15.7 Å². The van der Waals surface area contributed by atoms with Gasteiger partial charge in [-0.05, 0) is 56.4 Å². The number of nitrogens with one attached hydrogen (secondary N) is 2. The highest BCUT2D eigenvalue weighted by Crippen LogP contribution is 2.25. The number of amides is 3. The molecule has 0 radical (unpaired) electrons. The molecule has 3 rings (SSSR count). The van der Waals surface area contributed by atoms with Crippen LogP contribution < -0.4 is 11.1 Å². The zero-order valence-electron chi connectivity index (χ0n) is 23.6. The molecule has 3 amide bonds. The minimum Gasteiger partial charge on any atom is -0.481 e. The monoisotopic (exact) mass is 582 g/mol. The fraction of sp³-hybridized carbons (Fsp3) is 0.393. The summed E-state index contributed by atoms with van der Waals surface area (Å²) in [7, 11) is 0. The molecule has 0 atom stereocenters. The molecular weight excluding hydrogens is 548 g/mol. The number of hydrogen-bond donors (Lipinski definition) is 4. The molecule has 1 aromatic carbocycles. The molecule has 1 aliphatic rings. The van der Waals surface area contributed by atoms with Crippen LogP contribution in [0, 0.1) is 13.8 Å². The van der Waals surface area contributed by atoms with Crippen molar-refractivity contribution in [1.82, 2.24) is 15.2 Å². The van der Waals surface area contributed by atoms with Crippen LogP contribution in [-0.4, -0.2) is 76.4 Å². The summed E-state index contributed by atoms with van der Waals surface area (Å²) >= 11 is 0. The summed E-state index contributed by atoms with van der Waals surface area (Å²) in [5.41, 5.74) is 8.24. The number of aliphatic carboxylic acids is 1. The van der Waals surface area contributed by atoms with Crippen LogP contribution in [0.1, 0.15) is 76.6 Å². The maximum absolute atomic E-state index is 13.4. The number of imide groups is 1. The number of benzene rings is 1. The minimum absolute atomic E-state index is 0.0153. The molecule has 0 unspecified atom stereocenters. The lowest BCUT2D eigenvalue weighted by Crippen LogP contribution is -2.38. The van der Waals surface area contributed by atoms with Gasteiger partial charge in [-0.3, -0.25) is 19.2 Å². The summed E-state index contributed by atoms with van der Waals surface area (Å²) in [5, 5.41) is 11.6. The van der Waals surface area contributed by atoms with E-state index in [1.807, 2.05) is 6.92 Å². The first kappa shape index (κ1) is 31.5. The second-order valence-electron chi connectivity index (χ2n) is 9.56. The van der Waals surface area contributed by atoms with Gasteiger partial charge in [-0.1, -0.05) is 13.0 Å². The van der Waals surface area contributed by atoms with Crippen molar-refractivity contribution in [2.45, 2.75) is 58.9 Å². The molecule has 0 saturated heterocycles. The lowest BCUT2D eigenvalue weighted by Gasteiger charge is -2.19. The van der Waals surface area contributed by atoms with E-state index in [-0.39, 0.29) is 36.3 Å². The van der Waals surface area contributed by atoms with E-state index in [4.69, 9.17) is 20.3 Å². The van der Waals surface area contributed by atoms with Gasteiger partial charge in [0.2, 0.25) is 6.79 Å². The molecule has 0 spiro atoms. The zero-order chi connectivity index (χ0) is 30.8. The lowest BCUT2D eigenvalue weighted by molar-refractivity contribution is -0.154. The van der Waals surface area contributed by atoms with E-state index in [2.05, 4.69) is 20.3 Å². The number of esters is 1. The summed E-state index contributed by atoms with van der Waals surface area (Å²) in [6.45, 7) is 4.48. The number of hydrogen-bond acceptors (Lipinski definition) is 8. The molecule has 0 aliphatic heterocycles. The average Bonchev–Trinajstić information content (AvgIpc) is 3.68. The van der Waals surface area contributed by atoms with Crippen LogP contribution >= 0.6 is 0 Å². The van der Waals surface area contributed by atoms with Crippen molar-refractivity contribution in [2.75, 3.05) is 13.3 Å². The molecule has 1 aliphatic carbocycles. The maximum Gasteiger partial charge on any atom is 0.419 e. The Morgan fingerprint density at radius 3 is 2.55 bits per heavy atom. The number of aliphatic imine (C=N–C) groups is 2. The molecule has 2 aromatic rings. The van der Waals surface area contributed by atoms with Crippen LogP contribution in [0.25, 0.3) is 0 Å². The molecule has 1 heterocycles. The Balaban J connectivity index is 1.80. The Hall–Kier alpha value is -5.01. The van der Waals surface area contributed by atoms with Gasteiger partial charge in [0.15, 0.2) is 5.84 Å². The number of nitrogens with zero attached hydrogens (tertiary/aromatic N) is 3. The molecule has 1 saturated carbocycles. The summed E-state index contributed by atoms with van der Waals surface area (Å²) < 4.78 is 9.65. The molecule has 224 valence electrons. The lowest BCUT2D eigenvalue weighted by atomic mass is 10.1. The first-order valence-electron chi connectivity index (χ1n) is 13.3. The Kier molecular flexibility index (Phi) is 10.9. The maximum atomic E-state index is 13.4. The number of aromatic amines is 1. The van der Waals surface area contributed by atoms with Gasteiger partial charge in [-0.15, -0.1) is 0 Å². The first-order chi connectivity index (χ1) is 20.0. The smallest absolute Gasteiger partial charge is 0.419 e. The van der Waals surface area contributed by atoms with E-state index < -0.39 is 37.2 Å². The van der Waals surface area contributed by atoms with Crippen LogP contribution in [-0.2, 0) is 19.1 Å². The predicted molar refractivity (Wildman–Crippen MR) is 152 cm³/mol. The van der Waals surface area contributed by atoms with Gasteiger partial charge in [0.25, 0.3) is 11.8 Å². The standard InChI is InChI=1S/C28H34N6O8/c1-4-11-34(28(40)42-15-41-23(37)10-9-22(35)36)27(39)20-13-30-24(17(20)3)25(31-14-29)33-21-12-18(6-5-16(21)2)26(38)32-19-7-8-19/h5-6,12-14,19,30H,4,7-11,15H2,1-3H3,(H,32,38)(H,35,36)(H2,29,31,33). The number of aryl methyl sites for hydroxylation is 1. The van der Waals surface area contributed by atoms with E-state index in [9.17, 15) is 24.0 Å². The van der Waals surface area contributed by atoms with Gasteiger partial charge < -0.3 is 30.6 Å². The SMILES string of the molecule is CCCN(C(=O)OCOC(=O)CCC(=O)O)C(=O)c1c[nH]c(C(N=CN)=Nc2cc(C(=O)NC3CC3)ccc2C)c1C. The van der Waals surface area contributed by atoms with Crippen molar-refractivity contribution in [3.05, 3.63) is 52.3 Å². The van der Waals surface area contributed by atoms with E-state index in [0.29, 0.717) is 28.9 Å². The van der Waals surface area contributed by atoms with Gasteiger partial charge in [0.1, 0.15) is 0 Å². The van der Waals surface area contributed by atoms with Gasteiger partial charge in [0.05, 0.1) is 36.1 Å². The molecule has 1 aromatic heterocycles. The summed E-state index contributed by atoms with van der Waals surface area (Å²) in [6, 6.07) is 5.34. The molecule has 5 N–H and O–H groups in total. The third-order valence-electron chi connectivity index (χ3n) is 6.26. The number of carboxylic acid groups (broad SMARTS) is 1. The Morgan fingerprint density at radius 1 is 1.17 bits per heavy atom. The Morgan fingerprint density at radius 2 is 1.90 bits per heavy atom. The normalized spacial score (nSPS) is 13.1. The Bertz CT molecular complexity index is 1410. The predicted octanol–water partition coefficient (Wildman–Crippen LogP) is 2.94. The van der Waals surface area contributed by atoms with E-state index >= 15 is 0 Å². The largest absolute Gasteiger partial charge is 0.481 e. The van der Waals surface area contributed by atoms with E-state index in [1.54, 1.807) is 32.0 Å². The second kappa shape index (κ2) is 14.6. The zero-order valence-corrected chi connectivity index (χ0v) is 23.6. The number of H-pyrrole nitrogens is 1. The van der Waals surface area contributed by atoms with Crippen LogP contribution in [0.3, 0.4) is 0 Å². The van der Waals surface area contributed by atoms with Crippen molar-refractivity contribution < 1.29 is 38.6 Å². The van der Waals surface area contributed by atoms with Gasteiger partial charge in [-0.2, -0.15) is 0 Å². The van der Waals surface area contributed by atoms with Crippen LogP contribution in [0.5, 0.6) is 0 Å². The number of amidine groups is 1. The van der Waals surface area contributed by atoms with Gasteiger partial charge >= 0.3 is 18.0 Å².